The molecule has 0 saturated heterocycles. The van der Waals surface area contributed by atoms with Crippen LogP contribution in [0.25, 0.3) is 0 Å². The molecule has 0 radical (unpaired) electrons. The number of esters is 1. The summed E-state index contributed by atoms with van der Waals surface area (Å²) in [5.41, 5.74) is 0. The molecule has 3 heteroatoms. The minimum absolute atomic E-state index is 0.248. The molecule has 0 aliphatic rings. The van der Waals surface area contributed by atoms with E-state index in [9.17, 15) is 4.79 Å². The minimum Gasteiger partial charge on any atom is -0.469 e. The quantitative estimate of drug-likeness (QED) is 0.582. The topological polar surface area (TPSA) is 39.4 Å². The first-order valence-corrected chi connectivity index (χ1v) is 5.13. The largest absolute Gasteiger partial charge is 0.469 e. The Hall–Kier alpha value is -2.03. The van der Waals surface area contributed by atoms with E-state index in [0.29, 0.717) is 18.6 Å². The summed E-state index contributed by atoms with van der Waals surface area (Å²) < 4.78 is 10.3. The van der Waals surface area contributed by atoms with E-state index in [-0.39, 0.29) is 5.97 Å². The van der Waals surface area contributed by atoms with Crippen LogP contribution in [0.5, 0.6) is 5.75 Å². The molecule has 82 valence electrons. The maximum atomic E-state index is 11.4. The maximum absolute atomic E-state index is 11.4. The highest BCUT2D eigenvalue weighted by atomic mass is 16.5. The van der Waals surface area contributed by atoms with Crippen molar-refractivity contribution < 1.29 is 13.9 Å². The SMILES string of the molecule is O=C(CCc1ccco1)Oc1ccccc1. The third-order valence-electron chi connectivity index (χ3n) is 2.13. The number of ether oxygens (including phenoxy) is 1. The third kappa shape index (κ3) is 2.98. The predicted molar refractivity (Wildman–Crippen MR) is 59.1 cm³/mol. The zero-order valence-electron chi connectivity index (χ0n) is 8.76. The van der Waals surface area contributed by atoms with Crippen LogP contribution in [0.3, 0.4) is 0 Å². The van der Waals surface area contributed by atoms with E-state index in [4.69, 9.17) is 9.15 Å². The van der Waals surface area contributed by atoms with Crippen molar-refractivity contribution in [2.24, 2.45) is 0 Å². The van der Waals surface area contributed by atoms with Gasteiger partial charge >= 0.3 is 5.97 Å². The Morgan fingerprint density at radius 3 is 2.62 bits per heavy atom. The maximum Gasteiger partial charge on any atom is 0.311 e. The molecule has 1 heterocycles. The van der Waals surface area contributed by atoms with Crippen LogP contribution in [0.2, 0.25) is 0 Å². The number of aryl methyl sites for hydroxylation is 1. The van der Waals surface area contributed by atoms with Crippen LogP contribution in [0.4, 0.5) is 0 Å². The Morgan fingerprint density at radius 1 is 1.12 bits per heavy atom. The monoisotopic (exact) mass is 216 g/mol. The molecule has 0 atom stereocenters. The Labute approximate surface area is 93.7 Å². The molecule has 0 saturated carbocycles. The average Bonchev–Trinajstić information content (AvgIpc) is 2.81. The van der Waals surface area contributed by atoms with Gasteiger partial charge in [-0.15, -0.1) is 0 Å². The summed E-state index contributed by atoms with van der Waals surface area (Å²) >= 11 is 0. The van der Waals surface area contributed by atoms with Crippen molar-refractivity contribution in [3.05, 3.63) is 54.5 Å². The molecule has 1 aromatic carbocycles. The predicted octanol–water partition coefficient (Wildman–Crippen LogP) is 2.82. The van der Waals surface area contributed by atoms with Gasteiger partial charge in [0.2, 0.25) is 0 Å². The van der Waals surface area contributed by atoms with Crippen LogP contribution in [-0.2, 0) is 11.2 Å². The second-order valence-corrected chi connectivity index (χ2v) is 3.37. The standard InChI is InChI=1S/C13H12O3/c14-13(9-8-11-7-4-10-15-11)16-12-5-2-1-3-6-12/h1-7,10H,8-9H2. The van der Waals surface area contributed by atoms with Gasteiger partial charge in [-0.2, -0.15) is 0 Å². The highest BCUT2D eigenvalue weighted by Gasteiger charge is 2.06. The van der Waals surface area contributed by atoms with Crippen molar-refractivity contribution in [1.82, 2.24) is 0 Å². The van der Waals surface area contributed by atoms with Gasteiger partial charge in [-0.3, -0.25) is 4.79 Å². The van der Waals surface area contributed by atoms with Crippen molar-refractivity contribution in [3.8, 4) is 5.75 Å². The zero-order chi connectivity index (χ0) is 11.2. The van der Waals surface area contributed by atoms with Gasteiger partial charge in [0.25, 0.3) is 0 Å². The summed E-state index contributed by atoms with van der Waals surface area (Å²) in [4.78, 5) is 11.4. The number of carbonyl (C=O) groups is 1. The molecule has 0 aliphatic heterocycles. The minimum atomic E-state index is -0.248. The van der Waals surface area contributed by atoms with Gasteiger partial charge in [0.1, 0.15) is 11.5 Å². The number of carbonyl (C=O) groups excluding carboxylic acids is 1. The first-order chi connectivity index (χ1) is 7.84. The number of hydrogen-bond donors (Lipinski definition) is 0. The van der Waals surface area contributed by atoms with Crippen molar-refractivity contribution in [2.75, 3.05) is 0 Å². The Balaban J connectivity index is 1.81. The van der Waals surface area contributed by atoms with Crippen molar-refractivity contribution in [2.45, 2.75) is 12.8 Å². The number of para-hydroxylation sites is 1. The number of rotatable bonds is 4. The van der Waals surface area contributed by atoms with Crippen LogP contribution in [0.1, 0.15) is 12.2 Å². The average molecular weight is 216 g/mol. The van der Waals surface area contributed by atoms with E-state index < -0.39 is 0 Å². The van der Waals surface area contributed by atoms with Gasteiger partial charge in [-0.25, -0.2) is 0 Å². The number of benzene rings is 1. The van der Waals surface area contributed by atoms with Gasteiger partial charge in [-0.05, 0) is 24.3 Å². The highest BCUT2D eigenvalue weighted by molar-refractivity contribution is 5.72. The van der Waals surface area contributed by atoms with E-state index in [2.05, 4.69) is 0 Å². The van der Waals surface area contributed by atoms with Crippen LogP contribution in [-0.4, -0.2) is 5.97 Å². The Bertz CT molecular complexity index is 431. The summed E-state index contributed by atoms with van der Waals surface area (Å²) in [5, 5.41) is 0. The Kier molecular flexibility index (Phi) is 3.38. The first-order valence-electron chi connectivity index (χ1n) is 5.13. The third-order valence-corrected chi connectivity index (χ3v) is 2.13. The van der Waals surface area contributed by atoms with Gasteiger partial charge in [0.05, 0.1) is 12.7 Å². The Morgan fingerprint density at radius 2 is 1.94 bits per heavy atom. The molecule has 2 aromatic rings. The van der Waals surface area contributed by atoms with Gasteiger partial charge in [0, 0.05) is 6.42 Å². The van der Waals surface area contributed by atoms with Crippen LogP contribution >= 0.6 is 0 Å². The van der Waals surface area contributed by atoms with E-state index in [1.807, 2.05) is 24.3 Å². The van der Waals surface area contributed by atoms with E-state index >= 15 is 0 Å². The first kappa shape index (κ1) is 10.5. The lowest BCUT2D eigenvalue weighted by Crippen LogP contribution is -2.08. The van der Waals surface area contributed by atoms with Crippen molar-refractivity contribution >= 4 is 5.97 Å². The number of furan rings is 1. The molecular weight excluding hydrogens is 204 g/mol. The summed E-state index contributed by atoms with van der Waals surface area (Å²) in [6, 6.07) is 12.7. The lowest BCUT2D eigenvalue weighted by atomic mass is 10.2. The molecule has 1 aromatic heterocycles. The van der Waals surface area contributed by atoms with Crippen molar-refractivity contribution in [1.29, 1.82) is 0 Å². The van der Waals surface area contributed by atoms with Crippen LogP contribution in [0.15, 0.2) is 53.1 Å². The van der Waals surface area contributed by atoms with E-state index in [1.54, 1.807) is 24.5 Å². The van der Waals surface area contributed by atoms with Gasteiger partial charge in [0.15, 0.2) is 0 Å². The second-order valence-electron chi connectivity index (χ2n) is 3.37. The molecular formula is C13H12O3. The molecule has 0 bridgehead atoms. The van der Waals surface area contributed by atoms with Crippen LogP contribution < -0.4 is 4.74 Å². The van der Waals surface area contributed by atoms with Crippen molar-refractivity contribution in [3.63, 3.8) is 0 Å². The molecule has 0 fully saturated rings. The van der Waals surface area contributed by atoms with Gasteiger partial charge in [-0.1, -0.05) is 18.2 Å². The molecule has 0 N–H and O–H groups in total. The fourth-order valence-corrected chi connectivity index (χ4v) is 1.35. The molecule has 3 nitrogen and oxygen atoms in total. The van der Waals surface area contributed by atoms with Gasteiger partial charge < -0.3 is 9.15 Å². The number of hydrogen-bond acceptors (Lipinski definition) is 3. The normalized spacial score (nSPS) is 10.0. The smallest absolute Gasteiger partial charge is 0.311 e. The molecule has 16 heavy (non-hydrogen) atoms. The molecule has 2 rings (SSSR count). The summed E-state index contributed by atoms with van der Waals surface area (Å²) in [6.07, 6.45) is 2.49. The summed E-state index contributed by atoms with van der Waals surface area (Å²) in [6.45, 7) is 0. The molecule has 0 unspecified atom stereocenters. The fourth-order valence-electron chi connectivity index (χ4n) is 1.35. The molecule has 0 amide bonds. The van der Waals surface area contributed by atoms with E-state index in [0.717, 1.165) is 5.76 Å². The second kappa shape index (κ2) is 5.16. The fraction of sp³-hybridized carbons (Fsp3) is 0.154. The van der Waals surface area contributed by atoms with E-state index in [1.165, 1.54) is 0 Å². The lowest BCUT2D eigenvalue weighted by molar-refractivity contribution is -0.134. The molecule has 0 aliphatic carbocycles. The summed E-state index contributed by atoms with van der Waals surface area (Å²) in [7, 11) is 0. The zero-order valence-corrected chi connectivity index (χ0v) is 8.76. The highest BCUT2D eigenvalue weighted by Crippen LogP contribution is 2.10. The lowest BCUT2D eigenvalue weighted by Gasteiger charge is -2.02. The van der Waals surface area contributed by atoms with Crippen LogP contribution in [0, 0.1) is 0 Å². The summed E-state index contributed by atoms with van der Waals surface area (Å²) in [5.74, 6) is 1.12. The molecule has 0 spiro atoms.